The number of sulfonamides is 1. The number of rotatable bonds is 8. The van der Waals surface area contributed by atoms with Gasteiger partial charge in [-0.2, -0.15) is 0 Å². The van der Waals surface area contributed by atoms with Crippen molar-refractivity contribution in [2.24, 2.45) is 0 Å². The second-order valence-electron chi connectivity index (χ2n) is 6.62. The zero-order chi connectivity index (χ0) is 21.6. The second-order valence-corrected chi connectivity index (χ2v) is 9.78. The second kappa shape index (κ2) is 10.1. The van der Waals surface area contributed by atoms with Crippen molar-refractivity contribution in [3.8, 4) is 0 Å². The van der Waals surface area contributed by atoms with Gasteiger partial charge in [-0.1, -0.05) is 19.1 Å². The number of para-hydroxylation sites is 1. The Morgan fingerprint density at radius 2 is 1.72 bits per heavy atom. The van der Waals surface area contributed by atoms with Gasteiger partial charge in [0.25, 0.3) is 5.91 Å². The van der Waals surface area contributed by atoms with Crippen molar-refractivity contribution < 1.29 is 18.0 Å². The topological polar surface area (TPSA) is 95.6 Å². The lowest BCUT2D eigenvalue weighted by Gasteiger charge is -2.22. The molecule has 2 aromatic rings. The van der Waals surface area contributed by atoms with Crippen LogP contribution in [0.4, 0.5) is 11.4 Å². The zero-order valence-electron chi connectivity index (χ0n) is 16.5. The van der Waals surface area contributed by atoms with E-state index in [0.717, 1.165) is 20.6 Å². The first-order chi connectivity index (χ1) is 13.6. The molecule has 0 aliphatic heterocycles. The highest BCUT2D eigenvalue weighted by Gasteiger charge is 2.22. The summed E-state index contributed by atoms with van der Waals surface area (Å²) in [5.74, 6) is -0.842. The first-order valence-electron chi connectivity index (χ1n) is 9.04. The average molecular weight is 529 g/mol. The molecule has 0 spiro atoms. The maximum absolute atomic E-state index is 12.6. The molecule has 29 heavy (non-hydrogen) atoms. The van der Waals surface area contributed by atoms with E-state index in [1.165, 1.54) is 0 Å². The molecule has 0 saturated carbocycles. The molecule has 7 nitrogen and oxygen atoms in total. The highest BCUT2D eigenvalue weighted by Crippen LogP contribution is 2.20. The number of anilines is 2. The summed E-state index contributed by atoms with van der Waals surface area (Å²) >= 11 is 2.12. The Bertz CT molecular complexity index is 977. The minimum Gasteiger partial charge on any atom is -0.350 e. The van der Waals surface area contributed by atoms with E-state index in [-0.39, 0.29) is 11.9 Å². The van der Waals surface area contributed by atoms with Crippen molar-refractivity contribution in [1.29, 1.82) is 0 Å². The van der Waals surface area contributed by atoms with Gasteiger partial charge < -0.3 is 10.6 Å². The summed E-state index contributed by atoms with van der Waals surface area (Å²) < 4.78 is 26.4. The van der Waals surface area contributed by atoms with Gasteiger partial charge in [-0.05, 0) is 72.3 Å². The summed E-state index contributed by atoms with van der Waals surface area (Å²) in [6.07, 6.45) is 1.82. The highest BCUT2D eigenvalue weighted by molar-refractivity contribution is 14.1. The molecule has 2 rings (SSSR count). The number of nitrogens with one attached hydrogen (secondary N) is 2. The molecule has 0 saturated heterocycles. The van der Waals surface area contributed by atoms with Crippen LogP contribution in [0.15, 0.2) is 48.5 Å². The maximum Gasteiger partial charge on any atom is 0.253 e. The van der Waals surface area contributed by atoms with Crippen molar-refractivity contribution in [3.05, 3.63) is 57.7 Å². The summed E-state index contributed by atoms with van der Waals surface area (Å²) in [4.78, 5) is 25.1. The lowest BCUT2D eigenvalue weighted by molar-refractivity contribution is -0.114. The number of carbonyl (C=O) groups excluding carboxylic acids is 2. The van der Waals surface area contributed by atoms with Crippen LogP contribution in [0.2, 0.25) is 0 Å². The minimum atomic E-state index is -3.67. The molecule has 0 heterocycles. The van der Waals surface area contributed by atoms with E-state index in [9.17, 15) is 18.0 Å². The van der Waals surface area contributed by atoms with E-state index in [1.807, 2.05) is 13.8 Å². The quantitative estimate of drug-likeness (QED) is 0.514. The molecule has 0 aromatic heterocycles. The SMILES string of the molecule is CCC(C)NC(=O)c1ccccc1NC(=O)CN(c1ccc(I)cc1)S(C)(=O)=O. The number of carbonyl (C=O) groups is 2. The van der Waals surface area contributed by atoms with Crippen molar-refractivity contribution in [1.82, 2.24) is 5.32 Å². The molecule has 2 amide bonds. The van der Waals surface area contributed by atoms with Gasteiger partial charge in [-0.25, -0.2) is 8.42 Å². The van der Waals surface area contributed by atoms with Gasteiger partial charge in [0.2, 0.25) is 15.9 Å². The average Bonchev–Trinajstić information content (AvgIpc) is 2.66. The fourth-order valence-electron chi connectivity index (χ4n) is 2.52. The molecule has 0 radical (unpaired) electrons. The number of amides is 2. The molecule has 0 bridgehead atoms. The van der Waals surface area contributed by atoms with Crippen LogP contribution in [0.25, 0.3) is 0 Å². The Hall–Kier alpha value is -2.14. The van der Waals surface area contributed by atoms with Crippen LogP contribution in [0.1, 0.15) is 30.6 Å². The van der Waals surface area contributed by atoms with Gasteiger partial charge >= 0.3 is 0 Å². The van der Waals surface area contributed by atoms with Crippen LogP contribution in [0.3, 0.4) is 0 Å². The Balaban J connectivity index is 2.21. The number of hydrogen-bond acceptors (Lipinski definition) is 4. The molecular formula is C20H24IN3O4S. The Labute approximate surface area is 185 Å². The molecule has 0 fully saturated rings. The predicted molar refractivity (Wildman–Crippen MR) is 124 cm³/mol. The molecular weight excluding hydrogens is 505 g/mol. The van der Waals surface area contributed by atoms with Gasteiger partial charge in [0.05, 0.1) is 23.2 Å². The molecule has 2 N–H and O–H groups in total. The third-order valence-electron chi connectivity index (χ3n) is 4.24. The first kappa shape index (κ1) is 23.1. The summed E-state index contributed by atoms with van der Waals surface area (Å²) in [6, 6.07) is 13.4. The fourth-order valence-corrected chi connectivity index (χ4v) is 3.74. The zero-order valence-corrected chi connectivity index (χ0v) is 19.5. The van der Waals surface area contributed by atoms with Crippen LogP contribution in [0.5, 0.6) is 0 Å². The van der Waals surface area contributed by atoms with E-state index in [0.29, 0.717) is 16.9 Å². The minimum absolute atomic E-state index is 0.00661. The summed E-state index contributed by atoms with van der Waals surface area (Å²) in [7, 11) is -3.67. The van der Waals surface area contributed by atoms with Gasteiger partial charge in [0.15, 0.2) is 0 Å². The van der Waals surface area contributed by atoms with Crippen LogP contribution < -0.4 is 14.9 Å². The molecule has 1 unspecified atom stereocenters. The monoisotopic (exact) mass is 529 g/mol. The number of benzene rings is 2. The number of hydrogen-bond donors (Lipinski definition) is 2. The predicted octanol–water partition coefficient (Wildman–Crippen LogP) is 3.22. The van der Waals surface area contributed by atoms with E-state index in [4.69, 9.17) is 0 Å². The number of nitrogens with zero attached hydrogens (tertiary/aromatic N) is 1. The van der Waals surface area contributed by atoms with Crippen LogP contribution in [-0.2, 0) is 14.8 Å². The first-order valence-corrected chi connectivity index (χ1v) is 12.0. The van der Waals surface area contributed by atoms with Crippen LogP contribution in [0, 0.1) is 3.57 Å². The molecule has 0 aliphatic carbocycles. The third kappa shape index (κ3) is 6.70. The summed E-state index contributed by atoms with van der Waals surface area (Å²) in [6.45, 7) is 3.45. The Morgan fingerprint density at radius 1 is 1.10 bits per heavy atom. The van der Waals surface area contributed by atoms with Crippen molar-refractivity contribution in [2.75, 3.05) is 22.4 Å². The smallest absolute Gasteiger partial charge is 0.253 e. The van der Waals surface area contributed by atoms with Gasteiger partial charge in [-0.3, -0.25) is 13.9 Å². The van der Waals surface area contributed by atoms with Gasteiger partial charge in [0.1, 0.15) is 6.54 Å². The lowest BCUT2D eigenvalue weighted by atomic mass is 10.1. The molecule has 0 aliphatic rings. The summed E-state index contributed by atoms with van der Waals surface area (Å²) in [5.41, 5.74) is 1.04. The van der Waals surface area contributed by atoms with E-state index < -0.39 is 22.5 Å². The largest absolute Gasteiger partial charge is 0.350 e. The molecule has 1 atom stereocenters. The lowest BCUT2D eigenvalue weighted by Crippen LogP contribution is -2.38. The third-order valence-corrected chi connectivity index (χ3v) is 6.10. The van der Waals surface area contributed by atoms with E-state index >= 15 is 0 Å². The number of halogens is 1. The fraction of sp³-hybridized carbons (Fsp3) is 0.300. The molecule has 156 valence electrons. The van der Waals surface area contributed by atoms with Crippen LogP contribution >= 0.6 is 22.6 Å². The van der Waals surface area contributed by atoms with E-state index in [2.05, 4.69) is 33.2 Å². The standard InChI is InChI=1S/C20H24IN3O4S/c1-4-14(2)22-20(26)17-7-5-6-8-18(17)23-19(25)13-24(29(3,27)28)16-11-9-15(21)10-12-16/h5-12,14H,4,13H2,1-3H3,(H,22,26)(H,23,25). The Kier molecular flexibility index (Phi) is 8.03. The Morgan fingerprint density at radius 3 is 2.31 bits per heavy atom. The van der Waals surface area contributed by atoms with Crippen molar-refractivity contribution in [3.63, 3.8) is 0 Å². The van der Waals surface area contributed by atoms with Gasteiger partial charge in [0, 0.05) is 9.61 Å². The van der Waals surface area contributed by atoms with Crippen molar-refractivity contribution >= 4 is 55.8 Å². The normalized spacial score (nSPS) is 12.1. The van der Waals surface area contributed by atoms with Crippen molar-refractivity contribution in [2.45, 2.75) is 26.3 Å². The summed E-state index contributed by atoms with van der Waals surface area (Å²) in [5, 5.41) is 5.52. The van der Waals surface area contributed by atoms with Gasteiger partial charge in [-0.15, -0.1) is 0 Å². The molecule has 9 heteroatoms. The highest BCUT2D eigenvalue weighted by atomic mass is 127. The van der Waals surface area contributed by atoms with Crippen LogP contribution in [-0.4, -0.2) is 39.1 Å². The maximum atomic E-state index is 12.6. The van der Waals surface area contributed by atoms with E-state index in [1.54, 1.807) is 48.5 Å². The molecule has 2 aromatic carbocycles.